The second-order valence-electron chi connectivity index (χ2n) is 4.89. The molecule has 1 aliphatic carbocycles. The third-order valence-electron chi connectivity index (χ3n) is 3.74. The van der Waals surface area contributed by atoms with E-state index in [1.807, 2.05) is 7.05 Å². The maximum absolute atomic E-state index is 4.67. The molecule has 0 fully saturated rings. The predicted molar refractivity (Wildman–Crippen MR) is 77.5 cm³/mol. The molecular formula is C15H18N2S. The van der Waals surface area contributed by atoms with E-state index in [-0.39, 0.29) is 0 Å². The van der Waals surface area contributed by atoms with Crippen molar-refractivity contribution in [3.05, 3.63) is 46.5 Å². The average molecular weight is 258 g/mol. The van der Waals surface area contributed by atoms with E-state index in [4.69, 9.17) is 0 Å². The maximum Gasteiger partial charge on any atom is 0.182 e. The van der Waals surface area contributed by atoms with Crippen molar-refractivity contribution < 1.29 is 0 Å². The zero-order valence-electron chi connectivity index (χ0n) is 10.6. The van der Waals surface area contributed by atoms with E-state index >= 15 is 0 Å². The summed E-state index contributed by atoms with van der Waals surface area (Å²) in [5.41, 5.74) is 4.31. The van der Waals surface area contributed by atoms with Crippen molar-refractivity contribution in [2.45, 2.75) is 31.6 Å². The first-order valence-corrected chi connectivity index (χ1v) is 7.44. The molecule has 0 spiro atoms. The van der Waals surface area contributed by atoms with Crippen molar-refractivity contribution in [2.75, 3.05) is 12.4 Å². The molecule has 1 heterocycles. The lowest BCUT2D eigenvalue weighted by molar-refractivity contribution is 0.601. The zero-order chi connectivity index (χ0) is 12.4. The molecule has 94 valence electrons. The van der Waals surface area contributed by atoms with Crippen LogP contribution < -0.4 is 5.32 Å². The number of nitrogens with zero attached hydrogens (tertiary/aromatic N) is 1. The summed E-state index contributed by atoms with van der Waals surface area (Å²) >= 11 is 1.71. The van der Waals surface area contributed by atoms with Crippen molar-refractivity contribution in [1.82, 2.24) is 4.98 Å². The fourth-order valence-electron chi connectivity index (χ4n) is 2.75. The molecule has 0 amide bonds. The average Bonchev–Trinajstić information content (AvgIpc) is 2.78. The van der Waals surface area contributed by atoms with Crippen LogP contribution in [0.3, 0.4) is 0 Å². The van der Waals surface area contributed by atoms with Gasteiger partial charge in [0.1, 0.15) is 0 Å². The van der Waals surface area contributed by atoms with Crippen LogP contribution in [0.2, 0.25) is 0 Å². The fourth-order valence-corrected chi connectivity index (χ4v) is 3.50. The van der Waals surface area contributed by atoms with Crippen LogP contribution >= 0.6 is 11.3 Å². The molecule has 1 atom stereocenters. The summed E-state index contributed by atoms with van der Waals surface area (Å²) in [6.45, 7) is 0. The van der Waals surface area contributed by atoms with Gasteiger partial charge in [0.15, 0.2) is 5.13 Å². The minimum absolute atomic E-state index is 0.590. The highest BCUT2D eigenvalue weighted by molar-refractivity contribution is 7.13. The molecule has 18 heavy (non-hydrogen) atoms. The number of anilines is 1. The molecule has 2 aromatic rings. The van der Waals surface area contributed by atoms with Crippen molar-refractivity contribution in [2.24, 2.45) is 0 Å². The van der Waals surface area contributed by atoms with E-state index in [0.717, 1.165) is 11.6 Å². The summed E-state index contributed by atoms with van der Waals surface area (Å²) in [7, 11) is 1.94. The lowest BCUT2D eigenvalue weighted by atomic mass is 9.94. The van der Waals surface area contributed by atoms with Gasteiger partial charge in [0.05, 0.1) is 5.69 Å². The number of hydrogen-bond donors (Lipinski definition) is 1. The van der Waals surface area contributed by atoms with Gasteiger partial charge in [-0.05, 0) is 36.8 Å². The molecule has 0 radical (unpaired) electrons. The summed E-state index contributed by atoms with van der Waals surface area (Å²) in [6, 6.07) is 8.86. The van der Waals surface area contributed by atoms with Crippen molar-refractivity contribution >= 4 is 16.5 Å². The Morgan fingerprint density at radius 2 is 2.11 bits per heavy atom. The van der Waals surface area contributed by atoms with Crippen molar-refractivity contribution in [3.63, 3.8) is 0 Å². The van der Waals surface area contributed by atoms with Crippen LogP contribution in [-0.4, -0.2) is 12.0 Å². The summed E-state index contributed by atoms with van der Waals surface area (Å²) in [5.74, 6) is 0.590. The van der Waals surface area contributed by atoms with Crippen LogP contribution in [0.25, 0.3) is 0 Å². The van der Waals surface area contributed by atoms with E-state index in [0.29, 0.717) is 5.92 Å². The highest BCUT2D eigenvalue weighted by Gasteiger charge is 2.20. The van der Waals surface area contributed by atoms with Gasteiger partial charge in [0.2, 0.25) is 0 Å². The molecule has 0 aliphatic heterocycles. The second-order valence-corrected chi connectivity index (χ2v) is 5.75. The Hall–Kier alpha value is -1.35. The highest BCUT2D eigenvalue weighted by atomic mass is 32.1. The Bertz CT molecular complexity index is 533. The number of fused-ring (bicyclic) bond motifs is 1. The first-order valence-electron chi connectivity index (χ1n) is 6.57. The fraction of sp³-hybridized carbons (Fsp3) is 0.400. The molecule has 2 nitrogen and oxygen atoms in total. The molecule has 1 aromatic heterocycles. The molecular weight excluding hydrogens is 240 g/mol. The quantitative estimate of drug-likeness (QED) is 0.828. The van der Waals surface area contributed by atoms with E-state index in [1.165, 1.54) is 36.1 Å². The molecule has 3 heteroatoms. The van der Waals surface area contributed by atoms with E-state index in [2.05, 4.69) is 39.9 Å². The van der Waals surface area contributed by atoms with Gasteiger partial charge in [-0.25, -0.2) is 4.98 Å². The Labute approximate surface area is 112 Å². The maximum atomic E-state index is 4.67. The lowest BCUT2D eigenvalue weighted by Crippen LogP contribution is -2.02. The van der Waals surface area contributed by atoms with Crippen molar-refractivity contribution in [1.29, 1.82) is 0 Å². The predicted octanol–water partition coefficient (Wildman–Crippen LogP) is 3.85. The number of nitrogens with one attached hydrogen (secondary N) is 1. The van der Waals surface area contributed by atoms with Crippen LogP contribution in [0.4, 0.5) is 5.13 Å². The van der Waals surface area contributed by atoms with E-state index < -0.39 is 0 Å². The third-order valence-corrected chi connectivity index (χ3v) is 4.62. The number of aryl methyl sites for hydroxylation is 1. The number of hydrogen-bond acceptors (Lipinski definition) is 3. The van der Waals surface area contributed by atoms with Crippen LogP contribution in [0, 0.1) is 0 Å². The standard InChI is InChI=1S/C15H18N2S/c1-16-15-17-14(10-18-15)13-8-4-7-11-5-2-3-6-12(11)9-13/h2-3,5-6,10,13H,4,7-9H2,1H3,(H,16,17). The van der Waals surface area contributed by atoms with Crippen molar-refractivity contribution in [3.8, 4) is 0 Å². The summed E-state index contributed by atoms with van der Waals surface area (Å²) < 4.78 is 0. The Morgan fingerprint density at radius 3 is 2.89 bits per heavy atom. The second kappa shape index (κ2) is 5.11. The number of aromatic nitrogens is 1. The van der Waals surface area contributed by atoms with Gasteiger partial charge in [-0.2, -0.15) is 0 Å². The zero-order valence-corrected chi connectivity index (χ0v) is 11.5. The van der Waals surface area contributed by atoms with Gasteiger partial charge in [0.25, 0.3) is 0 Å². The van der Waals surface area contributed by atoms with E-state index in [9.17, 15) is 0 Å². The Kier molecular flexibility index (Phi) is 3.33. The van der Waals surface area contributed by atoms with E-state index in [1.54, 1.807) is 11.3 Å². The van der Waals surface area contributed by atoms with Gasteiger partial charge in [-0.1, -0.05) is 24.3 Å². The van der Waals surface area contributed by atoms with Gasteiger partial charge >= 0.3 is 0 Å². The molecule has 0 saturated heterocycles. The first-order chi connectivity index (χ1) is 8.86. The lowest BCUT2D eigenvalue weighted by Gasteiger charge is -2.12. The molecule has 1 N–H and O–H groups in total. The highest BCUT2D eigenvalue weighted by Crippen LogP contribution is 2.32. The number of rotatable bonds is 2. The van der Waals surface area contributed by atoms with Gasteiger partial charge in [-0.3, -0.25) is 0 Å². The minimum atomic E-state index is 0.590. The summed E-state index contributed by atoms with van der Waals surface area (Å²) in [4.78, 5) is 4.67. The minimum Gasteiger partial charge on any atom is -0.365 e. The molecule has 0 saturated carbocycles. The summed E-state index contributed by atoms with van der Waals surface area (Å²) in [6.07, 6.45) is 4.88. The first kappa shape index (κ1) is 11.7. The smallest absolute Gasteiger partial charge is 0.182 e. The van der Waals surface area contributed by atoms with Gasteiger partial charge < -0.3 is 5.32 Å². The molecule has 3 rings (SSSR count). The molecule has 1 aromatic carbocycles. The molecule has 0 bridgehead atoms. The Balaban J connectivity index is 1.86. The Morgan fingerprint density at radius 1 is 1.28 bits per heavy atom. The van der Waals surface area contributed by atoms with Gasteiger partial charge in [-0.15, -0.1) is 11.3 Å². The monoisotopic (exact) mass is 258 g/mol. The van der Waals surface area contributed by atoms with Crippen LogP contribution in [0.15, 0.2) is 29.6 Å². The largest absolute Gasteiger partial charge is 0.365 e. The number of benzene rings is 1. The third kappa shape index (κ3) is 2.27. The van der Waals surface area contributed by atoms with Crippen LogP contribution in [0.1, 0.15) is 35.6 Å². The van der Waals surface area contributed by atoms with Crippen LogP contribution in [0.5, 0.6) is 0 Å². The molecule has 1 unspecified atom stereocenters. The SMILES string of the molecule is CNc1nc(C2CCCc3ccccc3C2)cs1. The topological polar surface area (TPSA) is 24.9 Å². The van der Waals surface area contributed by atoms with Crippen LogP contribution in [-0.2, 0) is 12.8 Å². The van der Waals surface area contributed by atoms with Gasteiger partial charge in [0, 0.05) is 18.3 Å². The normalized spacial score (nSPS) is 19.1. The molecule has 1 aliphatic rings. The summed E-state index contributed by atoms with van der Waals surface area (Å²) in [5, 5.41) is 6.37. The number of thiazole rings is 1.